The molecule has 5 heteroatoms. The third kappa shape index (κ3) is 5.86. The first-order chi connectivity index (χ1) is 15.4. The summed E-state index contributed by atoms with van der Waals surface area (Å²) in [4.78, 5) is 15.7. The Morgan fingerprint density at radius 2 is 1.78 bits per heavy atom. The molecule has 5 nitrogen and oxygen atoms in total. The normalized spacial score (nSPS) is 12.2. The van der Waals surface area contributed by atoms with E-state index in [2.05, 4.69) is 57.0 Å². The van der Waals surface area contributed by atoms with E-state index in [0.717, 1.165) is 55.0 Å². The molecule has 0 saturated heterocycles. The third-order valence-electron chi connectivity index (χ3n) is 5.98. The third-order valence-corrected chi connectivity index (χ3v) is 5.98. The minimum atomic E-state index is -0.0880. The number of benzene rings is 2. The lowest BCUT2D eigenvalue weighted by Gasteiger charge is -2.20. The van der Waals surface area contributed by atoms with Crippen molar-refractivity contribution in [1.82, 2.24) is 20.0 Å². The zero-order chi connectivity index (χ0) is 23.1. The summed E-state index contributed by atoms with van der Waals surface area (Å²) in [5.74, 6) is -0.0880. The lowest BCUT2D eigenvalue weighted by molar-refractivity contribution is 0.0929. The molecule has 1 atom stereocenters. The maximum absolute atomic E-state index is 13.3. The molecule has 0 aliphatic rings. The Kier molecular flexibility index (Phi) is 8.23. The predicted molar refractivity (Wildman–Crippen MR) is 132 cm³/mol. The highest BCUT2D eigenvalue weighted by atomic mass is 16.2. The minimum Gasteiger partial charge on any atom is -0.348 e. The predicted octanol–water partition coefficient (Wildman–Crippen LogP) is 5.40. The monoisotopic (exact) mass is 432 g/mol. The number of nitrogens with one attached hydrogen (secondary N) is 1. The molecule has 0 aliphatic heterocycles. The molecular weight excluding hydrogens is 396 g/mol. The fraction of sp³-hybridized carbons (Fsp3) is 0.407. The van der Waals surface area contributed by atoms with Crippen molar-refractivity contribution < 1.29 is 4.79 Å². The fourth-order valence-electron chi connectivity index (χ4n) is 4.05. The van der Waals surface area contributed by atoms with E-state index in [1.165, 1.54) is 5.56 Å². The molecule has 1 heterocycles. The SMILES string of the molecule is CCN(CC)CCC[C@@H](C)NC(=O)c1cc(-c2ccccc2)nn1-c1ccc(C)cc1C. The van der Waals surface area contributed by atoms with E-state index < -0.39 is 0 Å². The zero-order valence-corrected chi connectivity index (χ0v) is 20.1. The Morgan fingerprint density at radius 3 is 2.44 bits per heavy atom. The van der Waals surface area contributed by atoms with E-state index in [-0.39, 0.29) is 11.9 Å². The van der Waals surface area contributed by atoms with Crippen molar-refractivity contribution in [1.29, 1.82) is 0 Å². The Bertz CT molecular complexity index is 1020. The molecule has 0 fully saturated rings. The number of aromatic nitrogens is 2. The van der Waals surface area contributed by atoms with E-state index in [1.807, 2.05) is 42.5 Å². The van der Waals surface area contributed by atoms with Crippen LogP contribution in [0.4, 0.5) is 0 Å². The molecule has 1 aromatic heterocycles. The average Bonchev–Trinajstić information content (AvgIpc) is 3.23. The van der Waals surface area contributed by atoms with Crippen molar-refractivity contribution >= 4 is 5.91 Å². The van der Waals surface area contributed by atoms with Crippen molar-refractivity contribution in [3.8, 4) is 16.9 Å². The molecule has 1 amide bonds. The van der Waals surface area contributed by atoms with Crippen molar-refractivity contribution in [2.45, 2.75) is 53.5 Å². The molecule has 32 heavy (non-hydrogen) atoms. The summed E-state index contributed by atoms with van der Waals surface area (Å²) in [7, 11) is 0. The van der Waals surface area contributed by atoms with Crippen LogP contribution in [-0.4, -0.2) is 46.3 Å². The van der Waals surface area contributed by atoms with E-state index >= 15 is 0 Å². The summed E-state index contributed by atoms with van der Waals surface area (Å²) in [5.41, 5.74) is 5.56. The molecule has 170 valence electrons. The number of hydrogen-bond acceptors (Lipinski definition) is 3. The van der Waals surface area contributed by atoms with Crippen LogP contribution in [0, 0.1) is 13.8 Å². The quantitative estimate of drug-likeness (QED) is 0.467. The van der Waals surface area contributed by atoms with Gasteiger partial charge in [-0.3, -0.25) is 4.79 Å². The topological polar surface area (TPSA) is 50.2 Å². The molecule has 0 unspecified atom stereocenters. The fourth-order valence-corrected chi connectivity index (χ4v) is 4.05. The van der Waals surface area contributed by atoms with Crippen LogP contribution in [0.25, 0.3) is 16.9 Å². The Morgan fingerprint density at radius 1 is 1.06 bits per heavy atom. The highest BCUT2D eigenvalue weighted by Gasteiger charge is 2.20. The second-order valence-corrected chi connectivity index (χ2v) is 8.53. The summed E-state index contributed by atoms with van der Waals surface area (Å²) in [6.45, 7) is 13.8. The zero-order valence-electron chi connectivity index (χ0n) is 20.1. The van der Waals surface area contributed by atoms with E-state index in [9.17, 15) is 4.79 Å². The van der Waals surface area contributed by atoms with E-state index in [4.69, 9.17) is 5.10 Å². The van der Waals surface area contributed by atoms with Gasteiger partial charge < -0.3 is 10.2 Å². The van der Waals surface area contributed by atoms with Gasteiger partial charge in [0.05, 0.1) is 11.4 Å². The summed E-state index contributed by atoms with van der Waals surface area (Å²) < 4.78 is 1.79. The maximum atomic E-state index is 13.3. The van der Waals surface area contributed by atoms with Crippen LogP contribution in [0.15, 0.2) is 54.6 Å². The van der Waals surface area contributed by atoms with Crippen LogP contribution in [0.3, 0.4) is 0 Å². The number of carbonyl (C=O) groups excluding carboxylic acids is 1. The lowest BCUT2D eigenvalue weighted by Crippen LogP contribution is -2.34. The van der Waals surface area contributed by atoms with Gasteiger partial charge in [-0.05, 0) is 70.9 Å². The molecule has 1 N–H and O–H groups in total. The van der Waals surface area contributed by atoms with Crippen LogP contribution in [0.1, 0.15) is 55.2 Å². The second kappa shape index (κ2) is 11.1. The first kappa shape index (κ1) is 23.7. The van der Waals surface area contributed by atoms with Gasteiger partial charge in [-0.15, -0.1) is 0 Å². The number of aryl methyl sites for hydroxylation is 2. The molecule has 3 aromatic rings. The lowest BCUT2D eigenvalue weighted by atomic mass is 10.1. The van der Waals surface area contributed by atoms with E-state index in [0.29, 0.717) is 5.69 Å². The molecule has 0 spiro atoms. The van der Waals surface area contributed by atoms with Gasteiger partial charge in [0.25, 0.3) is 5.91 Å². The largest absolute Gasteiger partial charge is 0.348 e. The van der Waals surface area contributed by atoms with E-state index in [1.54, 1.807) is 4.68 Å². The van der Waals surface area contributed by atoms with Crippen molar-refractivity contribution in [2.24, 2.45) is 0 Å². The summed E-state index contributed by atoms with van der Waals surface area (Å²) in [6, 6.07) is 18.2. The Hall–Kier alpha value is -2.92. The summed E-state index contributed by atoms with van der Waals surface area (Å²) >= 11 is 0. The van der Waals surface area contributed by atoms with Crippen LogP contribution in [0.2, 0.25) is 0 Å². The number of nitrogens with zero attached hydrogens (tertiary/aromatic N) is 3. The van der Waals surface area contributed by atoms with Crippen LogP contribution >= 0.6 is 0 Å². The molecular formula is C27H36N4O. The first-order valence-corrected chi connectivity index (χ1v) is 11.7. The number of rotatable bonds is 10. The van der Waals surface area contributed by atoms with Gasteiger partial charge in [-0.1, -0.05) is 61.9 Å². The smallest absolute Gasteiger partial charge is 0.270 e. The van der Waals surface area contributed by atoms with Crippen molar-refractivity contribution in [3.05, 3.63) is 71.4 Å². The van der Waals surface area contributed by atoms with Gasteiger partial charge in [0.2, 0.25) is 0 Å². The van der Waals surface area contributed by atoms with Crippen LogP contribution < -0.4 is 5.32 Å². The van der Waals surface area contributed by atoms with Gasteiger partial charge in [0, 0.05) is 11.6 Å². The van der Waals surface area contributed by atoms with Crippen molar-refractivity contribution in [2.75, 3.05) is 19.6 Å². The van der Waals surface area contributed by atoms with Crippen LogP contribution in [-0.2, 0) is 0 Å². The average molecular weight is 433 g/mol. The molecule has 0 saturated carbocycles. The number of amides is 1. The molecule has 2 aromatic carbocycles. The summed E-state index contributed by atoms with van der Waals surface area (Å²) in [5, 5.41) is 8.02. The molecule has 0 radical (unpaired) electrons. The second-order valence-electron chi connectivity index (χ2n) is 8.53. The maximum Gasteiger partial charge on any atom is 0.270 e. The molecule has 0 bridgehead atoms. The van der Waals surface area contributed by atoms with Gasteiger partial charge in [0.1, 0.15) is 5.69 Å². The Labute approximate surface area is 192 Å². The van der Waals surface area contributed by atoms with Crippen LogP contribution in [0.5, 0.6) is 0 Å². The highest BCUT2D eigenvalue weighted by molar-refractivity contribution is 5.94. The van der Waals surface area contributed by atoms with Crippen molar-refractivity contribution in [3.63, 3.8) is 0 Å². The number of hydrogen-bond donors (Lipinski definition) is 1. The standard InChI is InChI=1S/C27H36N4O/c1-6-30(7-2)17-11-12-22(5)28-27(32)26-19-24(23-13-9-8-10-14-23)29-31(26)25-16-15-20(3)18-21(25)4/h8-10,13-16,18-19,22H,6-7,11-12,17H2,1-5H3,(H,28,32)/t22-/m1/s1. The Balaban J connectivity index is 1.84. The van der Waals surface area contributed by atoms with Gasteiger partial charge >= 0.3 is 0 Å². The molecule has 3 rings (SSSR count). The van der Waals surface area contributed by atoms with Gasteiger partial charge in [-0.2, -0.15) is 5.10 Å². The highest BCUT2D eigenvalue weighted by Crippen LogP contribution is 2.24. The van der Waals surface area contributed by atoms with Gasteiger partial charge in [-0.25, -0.2) is 4.68 Å². The minimum absolute atomic E-state index is 0.0880. The molecule has 0 aliphatic carbocycles. The summed E-state index contributed by atoms with van der Waals surface area (Å²) in [6.07, 6.45) is 2.01. The number of carbonyl (C=O) groups is 1. The first-order valence-electron chi connectivity index (χ1n) is 11.7. The van der Waals surface area contributed by atoms with Gasteiger partial charge in [0.15, 0.2) is 0 Å².